The topological polar surface area (TPSA) is 88.7 Å². The first-order valence-electron chi connectivity index (χ1n) is 3.85. The molecule has 0 unspecified atom stereocenters. The quantitative estimate of drug-likeness (QED) is 0.691. The fourth-order valence-electron chi connectivity index (χ4n) is 0.745. The van der Waals surface area contributed by atoms with Crippen molar-refractivity contribution in [1.82, 2.24) is 0 Å². The molecule has 0 saturated heterocycles. The zero-order valence-electron chi connectivity index (χ0n) is 6.87. The van der Waals surface area contributed by atoms with Gasteiger partial charge in [-0.15, -0.1) is 12.1 Å². The summed E-state index contributed by atoms with van der Waals surface area (Å²) in [5, 5.41) is 4.50. The summed E-state index contributed by atoms with van der Waals surface area (Å²) in [6.45, 7) is 0. The monoisotopic (exact) mass is 389 g/mol. The first-order valence-corrected chi connectivity index (χ1v) is 5.24. The van der Waals surface area contributed by atoms with E-state index >= 15 is 0 Å². The third-order valence-electron chi connectivity index (χ3n) is 1.52. The van der Waals surface area contributed by atoms with Crippen LogP contribution in [0.15, 0.2) is 0 Å². The Morgan fingerprint density at radius 2 is 1.23 bits per heavy atom. The maximum Gasteiger partial charge on any atom is 0.394 e. The van der Waals surface area contributed by atoms with Gasteiger partial charge in [0, 0.05) is 21.1 Å². The molecule has 0 amide bonds. The molecular weight excluding hydrogens is 377 g/mol. The van der Waals surface area contributed by atoms with Crippen LogP contribution in [-0.2, 0) is 31.5 Å². The second kappa shape index (κ2) is 5.41. The molecule has 0 aliphatic heterocycles. The van der Waals surface area contributed by atoms with Crippen molar-refractivity contribution in [3.63, 3.8) is 0 Å². The molecule has 82 valence electrons. The Bertz CT molecular complexity index is 217. The molecule has 0 aromatic rings. The molecule has 2 aliphatic carbocycles. The average Bonchev–Trinajstić information content (AvgIpc) is 2.57. The van der Waals surface area contributed by atoms with Crippen molar-refractivity contribution in [3.05, 3.63) is 5.32 Å². The van der Waals surface area contributed by atoms with Crippen LogP contribution in [0.3, 0.4) is 0 Å². The van der Waals surface area contributed by atoms with E-state index in [2.05, 4.69) is 5.32 Å². The molecule has 0 aromatic carbocycles. The summed E-state index contributed by atoms with van der Waals surface area (Å²) in [5.41, 5.74) is 0. The Morgan fingerprint density at radius 3 is 1.38 bits per heavy atom. The van der Waals surface area contributed by atoms with Gasteiger partial charge in [-0.25, -0.2) is 0 Å². The van der Waals surface area contributed by atoms with Crippen LogP contribution in [0.4, 0.5) is 0 Å². The van der Waals surface area contributed by atoms with Crippen molar-refractivity contribution in [2.75, 3.05) is 0 Å². The van der Waals surface area contributed by atoms with E-state index in [-0.39, 0.29) is 21.1 Å². The van der Waals surface area contributed by atoms with Crippen molar-refractivity contribution < 1.29 is 38.6 Å². The SMILES string of the molecule is C1CC1[N-]C1CC1.O=S(=O)(O)O.[Pt]. The van der Waals surface area contributed by atoms with Crippen LogP contribution in [0.1, 0.15) is 25.7 Å². The van der Waals surface area contributed by atoms with Gasteiger partial charge in [0.15, 0.2) is 0 Å². The molecule has 13 heavy (non-hydrogen) atoms. The Labute approximate surface area is 92.1 Å². The van der Waals surface area contributed by atoms with Crippen LogP contribution in [0, 0.1) is 0 Å². The van der Waals surface area contributed by atoms with Crippen molar-refractivity contribution in [2.24, 2.45) is 0 Å². The standard InChI is InChI=1S/C6H10N.H2O4S.Pt/c1-2-5(1)7-6-3-4-6;1-5(2,3)4;/h5-6H,1-4H2;(H2,1,2,3,4);/q-1;;. The van der Waals surface area contributed by atoms with E-state index < -0.39 is 10.4 Å². The molecule has 0 radical (unpaired) electrons. The van der Waals surface area contributed by atoms with Crippen molar-refractivity contribution in [1.29, 1.82) is 0 Å². The summed E-state index contributed by atoms with van der Waals surface area (Å²) in [5.74, 6) is 0. The summed E-state index contributed by atoms with van der Waals surface area (Å²) < 4.78 is 31.6. The van der Waals surface area contributed by atoms with E-state index in [1.165, 1.54) is 25.7 Å². The number of hydrogen-bond donors (Lipinski definition) is 2. The Balaban J connectivity index is 0.000000220. The molecule has 0 spiro atoms. The van der Waals surface area contributed by atoms with Gasteiger partial charge in [-0.1, -0.05) is 25.7 Å². The predicted molar refractivity (Wildman–Crippen MR) is 43.6 cm³/mol. The number of nitrogens with zero attached hydrogens (tertiary/aromatic N) is 1. The van der Waals surface area contributed by atoms with Crippen LogP contribution in [-0.4, -0.2) is 29.6 Å². The zero-order valence-corrected chi connectivity index (χ0v) is 9.95. The largest absolute Gasteiger partial charge is 0.657 e. The van der Waals surface area contributed by atoms with Gasteiger partial charge in [-0.3, -0.25) is 9.11 Å². The Kier molecular flexibility index (Phi) is 5.63. The first-order chi connectivity index (χ1) is 5.45. The molecular formula is C6H12NO4PtS-. The molecule has 0 heterocycles. The average molecular weight is 389 g/mol. The van der Waals surface area contributed by atoms with Gasteiger partial charge in [-0.05, 0) is 0 Å². The number of hydrogen-bond acceptors (Lipinski definition) is 2. The van der Waals surface area contributed by atoms with E-state index in [9.17, 15) is 0 Å². The Hall–Kier alpha value is 0.518. The summed E-state index contributed by atoms with van der Waals surface area (Å²) >= 11 is 0. The summed E-state index contributed by atoms with van der Waals surface area (Å²) in [4.78, 5) is 0. The van der Waals surface area contributed by atoms with Crippen molar-refractivity contribution in [2.45, 2.75) is 37.8 Å². The molecule has 2 aliphatic rings. The van der Waals surface area contributed by atoms with E-state index in [0.29, 0.717) is 0 Å². The molecule has 2 rings (SSSR count). The second-order valence-corrected chi connectivity index (χ2v) is 3.95. The van der Waals surface area contributed by atoms with Crippen LogP contribution < -0.4 is 0 Å². The van der Waals surface area contributed by atoms with Crippen LogP contribution in [0.2, 0.25) is 0 Å². The van der Waals surface area contributed by atoms with E-state index in [1.807, 2.05) is 0 Å². The van der Waals surface area contributed by atoms with Gasteiger partial charge in [0.25, 0.3) is 0 Å². The molecule has 0 bridgehead atoms. The fraction of sp³-hybridized carbons (Fsp3) is 1.00. The third-order valence-corrected chi connectivity index (χ3v) is 1.52. The maximum absolute atomic E-state index is 8.74. The molecule has 2 fully saturated rings. The zero-order chi connectivity index (χ0) is 9.19. The Morgan fingerprint density at radius 1 is 1.00 bits per heavy atom. The molecule has 0 aromatic heterocycles. The predicted octanol–water partition coefficient (Wildman–Crippen LogP) is 1.03. The van der Waals surface area contributed by atoms with Gasteiger partial charge in [0.05, 0.1) is 0 Å². The summed E-state index contributed by atoms with van der Waals surface area (Å²) in [7, 11) is -4.67. The van der Waals surface area contributed by atoms with Crippen molar-refractivity contribution in [3.8, 4) is 0 Å². The van der Waals surface area contributed by atoms with Gasteiger partial charge in [0.2, 0.25) is 0 Å². The summed E-state index contributed by atoms with van der Waals surface area (Å²) in [6, 6.07) is 1.62. The minimum atomic E-state index is -4.67. The van der Waals surface area contributed by atoms with Gasteiger partial charge in [0.1, 0.15) is 0 Å². The van der Waals surface area contributed by atoms with Gasteiger partial charge < -0.3 is 5.32 Å². The number of rotatable bonds is 2. The molecule has 5 nitrogen and oxygen atoms in total. The van der Waals surface area contributed by atoms with Gasteiger partial charge in [-0.2, -0.15) is 8.42 Å². The molecule has 7 heteroatoms. The van der Waals surface area contributed by atoms with Crippen molar-refractivity contribution >= 4 is 10.4 Å². The molecule has 2 saturated carbocycles. The van der Waals surface area contributed by atoms with Crippen LogP contribution in [0.25, 0.3) is 5.32 Å². The third kappa shape index (κ3) is 12.5. The first kappa shape index (κ1) is 13.5. The van der Waals surface area contributed by atoms with E-state index in [0.717, 1.165) is 12.1 Å². The minimum absolute atomic E-state index is 0. The van der Waals surface area contributed by atoms with E-state index in [4.69, 9.17) is 17.5 Å². The van der Waals surface area contributed by atoms with Crippen LogP contribution >= 0.6 is 0 Å². The second-order valence-electron chi connectivity index (χ2n) is 3.06. The fourth-order valence-corrected chi connectivity index (χ4v) is 0.745. The summed E-state index contributed by atoms with van der Waals surface area (Å²) in [6.07, 6.45) is 5.54. The molecule has 2 N–H and O–H groups in total. The minimum Gasteiger partial charge on any atom is -0.657 e. The van der Waals surface area contributed by atoms with E-state index in [1.54, 1.807) is 0 Å². The normalized spacial score (nSPS) is 21.1. The smallest absolute Gasteiger partial charge is 0.394 e. The van der Waals surface area contributed by atoms with Gasteiger partial charge >= 0.3 is 10.4 Å². The molecule has 0 atom stereocenters. The van der Waals surface area contributed by atoms with Crippen LogP contribution in [0.5, 0.6) is 0 Å². The maximum atomic E-state index is 8.74.